The highest BCUT2D eigenvalue weighted by atomic mass is 19.1. The molecule has 3 nitrogen and oxygen atoms in total. The first-order valence-corrected chi connectivity index (χ1v) is 7.60. The van der Waals surface area contributed by atoms with Crippen LogP contribution in [0.3, 0.4) is 0 Å². The standard InChI is InChI=1S/C17H22FN3/c1-19-16(21-15-4-2-3-5-15)20-12-17(10-11-17)13-6-8-14(18)9-7-13/h2-3,6-9,15H,4-5,10-12H2,1H3,(H2,19,20,21). The SMILES string of the molecule is CN=C(NCC1(c2ccc(F)cc2)CC1)NC1CC=CC1. The number of nitrogens with zero attached hydrogens (tertiary/aromatic N) is 1. The van der Waals surface area contributed by atoms with E-state index in [1.807, 2.05) is 12.1 Å². The van der Waals surface area contributed by atoms with E-state index in [2.05, 4.69) is 27.8 Å². The van der Waals surface area contributed by atoms with Gasteiger partial charge < -0.3 is 10.6 Å². The lowest BCUT2D eigenvalue weighted by Crippen LogP contribution is -2.45. The number of halogens is 1. The second-order valence-corrected chi connectivity index (χ2v) is 6.00. The third-order valence-corrected chi connectivity index (χ3v) is 4.48. The van der Waals surface area contributed by atoms with Gasteiger partial charge in [-0.05, 0) is 43.4 Å². The zero-order chi connectivity index (χ0) is 14.7. The van der Waals surface area contributed by atoms with Gasteiger partial charge in [0, 0.05) is 25.0 Å². The number of hydrogen-bond donors (Lipinski definition) is 2. The van der Waals surface area contributed by atoms with Crippen LogP contribution in [0.5, 0.6) is 0 Å². The van der Waals surface area contributed by atoms with E-state index in [0.717, 1.165) is 38.2 Å². The second-order valence-electron chi connectivity index (χ2n) is 6.00. The van der Waals surface area contributed by atoms with E-state index in [1.54, 1.807) is 19.2 Å². The Kier molecular flexibility index (Phi) is 3.95. The summed E-state index contributed by atoms with van der Waals surface area (Å²) in [5.41, 5.74) is 1.37. The molecule has 0 heterocycles. The van der Waals surface area contributed by atoms with E-state index >= 15 is 0 Å². The molecule has 0 radical (unpaired) electrons. The minimum absolute atomic E-state index is 0.152. The van der Waals surface area contributed by atoms with Crippen LogP contribution in [0.15, 0.2) is 41.4 Å². The number of hydrogen-bond acceptors (Lipinski definition) is 1. The largest absolute Gasteiger partial charge is 0.356 e. The van der Waals surface area contributed by atoms with Gasteiger partial charge in [0.1, 0.15) is 5.82 Å². The van der Waals surface area contributed by atoms with Crippen LogP contribution < -0.4 is 10.6 Å². The van der Waals surface area contributed by atoms with Crippen LogP contribution in [0, 0.1) is 5.82 Å². The summed E-state index contributed by atoms with van der Waals surface area (Å²) in [6, 6.07) is 7.36. The summed E-state index contributed by atoms with van der Waals surface area (Å²) in [6.45, 7) is 0.846. The van der Waals surface area contributed by atoms with Gasteiger partial charge in [-0.1, -0.05) is 24.3 Å². The van der Waals surface area contributed by atoms with Crippen molar-refractivity contribution in [3.8, 4) is 0 Å². The van der Waals surface area contributed by atoms with E-state index in [9.17, 15) is 4.39 Å². The Balaban J connectivity index is 1.57. The van der Waals surface area contributed by atoms with E-state index < -0.39 is 0 Å². The van der Waals surface area contributed by atoms with Crippen molar-refractivity contribution in [2.45, 2.75) is 37.1 Å². The molecular weight excluding hydrogens is 265 g/mol. The predicted molar refractivity (Wildman–Crippen MR) is 84.0 cm³/mol. The molecule has 21 heavy (non-hydrogen) atoms. The van der Waals surface area contributed by atoms with Crippen LogP contribution >= 0.6 is 0 Å². The lowest BCUT2D eigenvalue weighted by atomic mass is 9.96. The first-order chi connectivity index (χ1) is 10.2. The van der Waals surface area contributed by atoms with Gasteiger partial charge in [-0.25, -0.2) is 4.39 Å². The van der Waals surface area contributed by atoms with E-state index in [1.165, 1.54) is 5.56 Å². The topological polar surface area (TPSA) is 36.4 Å². The van der Waals surface area contributed by atoms with Crippen molar-refractivity contribution in [1.82, 2.24) is 10.6 Å². The summed E-state index contributed by atoms with van der Waals surface area (Å²) in [5.74, 6) is 0.686. The molecule has 2 aliphatic carbocycles. The summed E-state index contributed by atoms with van der Waals surface area (Å²) >= 11 is 0. The normalized spacial score (nSPS) is 20.6. The van der Waals surface area contributed by atoms with Crippen molar-refractivity contribution < 1.29 is 4.39 Å². The van der Waals surface area contributed by atoms with Crippen molar-refractivity contribution >= 4 is 5.96 Å². The predicted octanol–water partition coefficient (Wildman–Crippen LogP) is 2.74. The molecule has 0 amide bonds. The van der Waals surface area contributed by atoms with Gasteiger partial charge in [-0.15, -0.1) is 0 Å². The Hall–Kier alpha value is -1.84. The Labute approximate surface area is 125 Å². The third kappa shape index (κ3) is 3.26. The van der Waals surface area contributed by atoms with Crippen molar-refractivity contribution in [3.05, 3.63) is 47.8 Å². The Morgan fingerprint density at radius 3 is 2.48 bits per heavy atom. The lowest BCUT2D eigenvalue weighted by molar-refractivity contribution is 0.601. The number of benzene rings is 1. The average molecular weight is 287 g/mol. The smallest absolute Gasteiger partial charge is 0.191 e. The van der Waals surface area contributed by atoms with Crippen molar-refractivity contribution in [3.63, 3.8) is 0 Å². The minimum Gasteiger partial charge on any atom is -0.356 e. The number of rotatable bonds is 4. The van der Waals surface area contributed by atoms with E-state index in [4.69, 9.17) is 0 Å². The Morgan fingerprint density at radius 2 is 1.90 bits per heavy atom. The highest BCUT2D eigenvalue weighted by Gasteiger charge is 2.44. The molecule has 0 spiro atoms. The van der Waals surface area contributed by atoms with E-state index in [-0.39, 0.29) is 11.2 Å². The van der Waals surface area contributed by atoms with Gasteiger partial charge in [0.2, 0.25) is 0 Å². The molecule has 1 saturated carbocycles. The highest BCUT2D eigenvalue weighted by molar-refractivity contribution is 5.80. The molecule has 3 rings (SSSR count). The maximum Gasteiger partial charge on any atom is 0.191 e. The van der Waals surface area contributed by atoms with Crippen LogP contribution in [0.1, 0.15) is 31.2 Å². The number of nitrogens with one attached hydrogen (secondary N) is 2. The van der Waals surface area contributed by atoms with Gasteiger partial charge in [-0.2, -0.15) is 0 Å². The molecule has 112 valence electrons. The van der Waals surface area contributed by atoms with Crippen LogP contribution in [0.4, 0.5) is 4.39 Å². The molecular formula is C17H22FN3. The zero-order valence-electron chi connectivity index (χ0n) is 12.4. The molecule has 1 aromatic carbocycles. The molecule has 0 aliphatic heterocycles. The van der Waals surface area contributed by atoms with Gasteiger partial charge in [-0.3, -0.25) is 4.99 Å². The first-order valence-electron chi connectivity index (χ1n) is 7.60. The van der Waals surface area contributed by atoms with Crippen molar-refractivity contribution in [1.29, 1.82) is 0 Å². The fourth-order valence-corrected chi connectivity index (χ4v) is 2.90. The molecule has 0 atom stereocenters. The van der Waals surface area contributed by atoms with Crippen LogP contribution in [-0.2, 0) is 5.41 Å². The summed E-state index contributed by atoms with van der Waals surface area (Å²) in [5, 5.41) is 6.87. The van der Waals surface area contributed by atoms with Gasteiger partial charge >= 0.3 is 0 Å². The molecule has 0 aromatic heterocycles. The summed E-state index contributed by atoms with van der Waals surface area (Å²) in [7, 11) is 1.80. The minimum atomic E-state index is -0.172. The molecule has 0 unspecified atom stereocenters. The molecule has 0 bridgehead atoms. The quantitative estimate of drug-likeness (QED) is 0.507. The van der Waals surface area contributed by atoms with Gasteiger partial charge in [0.15, 0.2) is 5.96 Å². The summed E-state index contributed by atoms with van der Waals surface area (Å²) < 4.78 is 13.0. The maximum atomic E-state index is 13.0. The fraction of sp³-hybridized carbons (Fsp3) is 0.471. The van der Waals surface area contributed by atoms with Crippen LogP contribution in [0.2, 0.25) is 0 Å². The number of aliphatic imine (C=N–C) groups is 1. The maximum absolute atomic E-state index is 13.0. The average Bonchev–Trinajstić information content (AvgIpc) is 3.12. The Morgan fingerprint density at radius 1 is 1.24 bits per heavy atom. The van der Waals surface area contributed by atoms with Crippen LogP contribution in [0.25, 0.3) is 0 Å². The summed E-state index contributed by atoms with van der Waals surface area (Å²) in [4.78, 5) is 4.30. The first kappa shape index (κ1) is 14.1. The molecule has 1 aromatic rings. The molecule has 1 fully saturated rings. The number of guanidine groups is 1. The molecule has 2 N–H and O–H groups in total. The molecule has 0 saturated heterocycles. The monoisotopic (exact) mass is 287 g/mol. The second kappa shape index (κ2) is 5.88. The zero-order valence-corrected chi connectivity index (χ0v) is 12.4. The van der Waals surface area contributed by atoms with E-state index in [0.29, 0.717) is 6.04 Å². The Bertz CT molecular complexity index is 536. The highest BCUT2D eigenvalue weighted by Crippen LogP contribution is 2.47. The fourth-order valence-electron chi connectivity index (χ4n) is 2.90. The third-order valence-electron chi connectivity index (χ3n) is 4.48. The van der Waals surface area contributed by atoms with Crippen molar-refractivity contribution in [2.24, 2.45) is 4.99 Å². The van der Waals surface area contributed by atoms with Gasteiger partial charge in [0.25, 0.3) is 0 Å². The summed E-state index contributed by atoms with van der Waals surface area (Å²) in [6.07, 6.45) is 8.81. The molecule has 2 aliphatic rings. The van der Waals surface area contributed by atoms with Crippen molar-refractivity contribution in [2.75, 3.05) is 13.6 Å². The van der Waals surface area contributed by atoms with Crippen LogP contribution in [-0.4, -0.2) is 25.6 Å². The lowest BCUT2D eigenvalue weighted by Gasteiger charge is -2.21. The van der Waals surface area contributed by atoms with Gasteiger partial charge in [0.05, 0.1) is 0 Å². The molecule has 4 heteroatoms.